The second kappa shape index (κ2) is 7.46. The number of aliphatic hydroxyl groups is 1. The van der Waals surface area contributed by atoms with Crippen molar-refractivity contribution in [2.24, 2.45) is 0 Å². The third-order valence-electron chi connectivity index (χ3n) is 4.20. The van der Waals surface area contributed by atoms with Crippen LogP contribution in [0.25, 0.3) is 0 Å². The Hall–Kier alpha value is -2.08. The average Bonchev–Trinajstić information content (AvgIpc) is 2.92. The number of aliphatic hydroxyl groups excluding tert-OH is 1. The molecule has 6 heteroatoms. The average molecular weight is 321 g/mol. The molecule has 1 N–H and O–H groups in total. The van der Waals surface area contributed by atoms with Crippen LogP contribution in [0.2, 0.25) is 0 Å². The van der Waals surface area contributed by atoms with Crippen LogP contribution in [-0.4, -0.2) is 54.3 Å². The molecule has 1 fully saturated rings. The van der Waals surface area contributed by atoms with E-state index in [4.69, 9.17) is 9.47 Å². The van der Waals surface area contributed by atoms with Crippen molar-refractivity contribution in [3.8, 4) is 5.75 Å². The molecule has 6 nitrogen and oxygen atoms in total. The summed E-state index contributed by atoms with van der Waals surface area (Å²) in [6.45, 7) is 4.35. The second-order valence-electron chi connectivity index (χ2n) is 5.77. The molecule has 1 aromatic rings. The van der Waals surface area contributed by atoms with E-state index in [0.29, 0.717) is 0 Å². The molecule has 2 atom stereocenters. The van der Waals surface area contributed by atoms with Crippen LogP contribution in [-0.2, 0) is 14.3 Å². The summed E-state index contributed by atoms with van der Waals surface area (Å²) in [5.74, 6) is 0.0383. The van der Waals surface area contributed by atoms with Gasteiger partial charge in [0.2, 0.25) is 5.91 Å². The summed E-state index contributed by atoms with van der Waals surface area (Å²) in [5, 5.41) is 9.70. The fourth-order valence-corrected chi connectivity index (χ4v) is 2.72. The molecule has 126 valence electrons. The normalized spacial score (nSPS) is 20.4. The molecule has 2 rings (SSSR count). The highest BCUT2D eigenvalue weighted by Gasteiger charge is 2.39. The van der Waals surface area contributed by atoms with Crippen LogP contribution in [0.15, 0.2) is 18.2 Å². The van der Waals surface area contributed by atoms with E-state index in [1.54, 1.807) is 0 Å². The lowest BCUT2D eigenvalue weighted by atomic mass is 10.1. The maximum Gasteiger partial charge on any atom is 0.328 e. The quantitative estimate of drug-likeness (QED) is 0.825. The Kier molecular flexibility index (Phi) is 5.60. The topological polar surface area (TPSA) is 76.1 Å². The summed E-state index contributed by atoms with van der Waals surface area (Å²) in [6, 6.07) is 5.07. The predicted molar refractivity (Wildman–Crippen MR) is 84.2 cm³/mol. The number of ether oxygens (including phenoxy) is 2. The number of likely N-dealkylation sites (tertiary alicyclic amines) is 1. The van der Waals surface area contributed by atoms with Gasteiger partial charge in [0.05, 0.1) is 26.2 Å². The fraction of sp³-hybridized carbons (Fsp3) is 0.529. The third-order valence-corrected chi connectivity index (χ3v) is 4.20. The molecule has 0 bridgehead atoms. The van der Waals surface area contributed by atoms with E-state index in [0.717, 1.165) is 16.9 Å². The van der Waals surface area contributed by atoms with Crippen molar-refractivity contribution in [2.45, 2.75) is 38.8 Å². The maximum atomic E-state index is 12.3. The zero-order valence-corrected chi connectivity index (χ0v) is 13.7. The van der Waals surface area contributed by atoms with E-state index < -0.39 is 18.1 Å². The van der Waals surface area contributed by atoms with Gasteiger partial charge in [-0.2, -0.15) is 0 Å². The zero-order valence-electron chi connectivity index (χ0n) is 13.7. The van der Waals surface area contributed by atoms with Gasteiger partial charge in [-0.15, -0.1) is 0 Å². The highest BCUT2D eigenvalue weighted by molar-refractivity contribution is 5.85. The van der Waals surface area contributed by atoms with Gasteiger partial charge in [0.25, 0.3) is 0 Å². The summed E-state index contributed by atoms with van der Waals surface area (Å²) >= 11 is 0. The number of rotatable bonds is 5. The number of amides is 1. The molecule has 0 aromatic heterocycles. The molecule has 0 radical (unpaired) electrons. The number of carbonyl (C=O) groups excluding carboxylic acids is 2. The van der Waals surface area contributed by atoms with Gasteiger partial charge >= 0.3 is 5.97 Å². The summed E-state index contributed by atoms with van der Waals surface area (Å²) < 4.78 is 10.4. The minimum atomic E-state index is -0.705. The van der Waals surface area contributed by atoms with Crippen molar-refractivity contribution in [2.75, 3.05) is 20.3 Å². The van der Waals surface area contributed by atoms with Crippen molar-refractivity contribution in [1.29, 1.82) is 0 Å². The molecule has 1 aliphatic heterocycles. The largest absolute Gasteiger partial charge is 0.493 e. The van der Waals surface area contributed by atoms with Gasteiger partial charge in [-0.1, -0.05) is 12.1 Å². The Labute approximate surface area is 136 Å². The summed E-state index contributed by atoms with van der Waals surface area (Å²) in [6.07, 6.45) is -0.327. The van der Waals surface area contributed by atoms with Gasteiger partial charge in [0, 0.05) is 13.0 Å². The second-order valence-corrected chi connectivity index (χ2v) is 5.77. The van der Waals surface area contributed by atoms with Crippen molar-refractivity contribution in [3.05, 3.63) is 29.3 Å². The smallest absolute Gasteiger partial charge is 0.328 e. The number of hydrogen-bond acceptors (Lipinski definition) is 5. The van der Waals surface area contributed by atoms with Crippen molar-refractivity contribution in [3.63, 3.8) is 0 Å². The van der Waals surface area contributed by atoms with Crippen LogP contribution in [0.4, 0.5) is 0 Å². The Morgan fingerprint density at radius 1 is 1.35 bits per heavy atom. The van der Waals surface area contributed by atoms with Gasteiger partial charge in [-0.05, 0) is 31.0 Å². The lowest BCUT2D eigenvalue weighted by molar-refractivity contribution is -0.151. The number of nitrogens with zero attached hydrogens (tertiary/aromatic N) is 1. The molecule has 1 aromatic carbocycles. The molecule has 0 unspecified atom stereocenters. The van der Waals surface area contributed by atoms with Gasteiger partial charge < -0.3 is 19.5 Å². The summed E-state index contributed by atoms with van der Waals surface area (Å²) in [4.78, 5) is 25.4. The van der Waals surface area contributed by atoms with Crippen molar-refractivity contribution < 1.29 is 24.2 Å². The number of benzene rings is 1. The van der Waals surface area contributed by atoms with Crippen molar-refractivity contribution in [1.82, 2.24) is 4.90 Å². The molecule has 0 saturated carbocycles. The van der Waals surface area contributed by atoms with E-state index in [9.17, 15) is 14.7 Å². The first kappa shape index (κ1) is 17.3. The first-order valence-electron chi connectivity index (χ1n) is 7.68. The molecular weight excluding hydrogens is 298 g/mol. The van der Waals surface area contributed by atoms with Crippen LogP contribution < -0.4 is 4.74 Å². The Balaban J connectivity index is 1.91. The Bertz CT molecular complexity index is 586. The minimum Gasteiger partial charge on any atom is -0.493 e. The molecule has 1 saturated heterocycles. The standard InChI is InChI=1S/C17H23NO5/c1-11-5-4-6-15(12(11)2)23-8-7-16(20)18-10-13(19)9-14(18)17(21)22-3/h4-6,13-14,19H,7-10H2,1-3H3/t13-,14+/m1/s1. The SMILES string of the molecule is COC(=O)[C@@H]1C[C@@H](O)CN1C(=O)CCOc1cccc(C)c1C. The summed E-state index contributed by atoms with van der Waals surface area (Å²) in [5.41, 5.74) is 2.17. The Morgan fingerprint density at radius 3 is 2.78 bits per heavy atom. The van der Waals surface area contributed by atoms with Gasteiger partial charge in [0.15, 0.2) is 0 Å². The first-order valence-corrected chi connectivity index (χ1v) is 7.68. The predicted octanol–water partition coefficient (Wildman–Crippen LogP) is 1.21. The van der Waals surface area contributed by atoms with Crippen molar-refractivity contribution >= 4 is 11.9 Å². The maximum absolute atomic E-state index is 12.3. The lowest BCUT2D eigenvalue weighted by Crippen LogP contribution is -2.41. The molecule has 0 spiro atoms. The number of aryl methyl sites for hydroxylation is 1. The highest BCUT2D eigenvalue weighted by atomic mass is 16.5. The van der Waals surface area contributed by atoms with Crippen LogP contribution in [0, 0.1) is 13.8 Å². The molecule has 1 amide bonds. The van der Waals surface area contributed by atoms with Crippen LogP contribution in [0.5, 0.6) is 5.75 Å². The number of methoxy groups -OCH3 is 1. The van der Waals surface area contributed by atoms with Gasteiger partial charge in [0.1, 0.15) is 11.8 Å². The van der Waals surface area contributed by atoms with E-state index in [1.807, 2.05) is 32.0 Å². The van der Waals surface area contributed by atoms with E-state index in [1.165, 1.54) is 12.0 Å². The van der Waals surface area contributed by atoms with E-state index in [2.05, 4.69) is 0 Å². The number of hydrogen-bond donors (Lipinski definition) is 1. The van der Waals surface area contributed by atoms with Gasteiger partial charge in [-0.3, -0.25) is 4.79 Å². The third kappa shape index (κ3) is 4.01. The number of carbonyl (C=O) groups is 2. The zero-order chi connectivity index (χ0) is 17.0. The molecule has 1 heterocycles. The molecular formula is C17H23NO5. The molecule has 23 heavy (non-hydrogen) atoms. The monoisotopic (exact) mass is 321 g/mol. The van der Waals surface area contributed by atoms with Crippen LogP contribution in [0.1, 0.15) is 24.0 Å². The van der Waals surface area contributed by atoms with E-state index >= 15 is 0 Å². The Morgan fingerprint density at radius 2 is 2.09 bits per heavy atom. The van der Waals surface area contributed by atoms with Gasteiger partial charge in [-0.25, -0.2) is 4.79 Å². The fourth-order valence-electron chi connectivity index (χ4n) is 2.72. The molecule has 1 aliphatic rings. The number of β-amino-alcohol motifs (C(OH)–C–C–N with tert-alkyl or cyclic N) is 1. The van der Waals surface area contributed by atoms with Crippen LogP contribution in [0.3, 0.4) is 0 Å². The first-order chi connectivity index (χ1) is 10.9. The highest BCUT2D eigenvalue weighted by Crippen LogP contribution is 2.22. The van der Waals surface area contributed by atoms with E-state index in [-0.39, 0.29) is 31.9 Å². The summed E-state index contributed by atoms with van der Waals surface area (Å²) in [7, 11) is 1.28. The minimum absolute atomic E-state index is 0.146. The molecule has 0 aliphatic carbocycles. The van der Waals surface area contributed by atoms with Crippen LogP contribution >= 0.6 is 0 Å². The number of esters is 1. The lowest BCUT2D eigenvalue weighted by Gasteiger charge is -2.22.